The van der Waals surface area contributed by atoms with Crippen molar-refractivity contribution in [2.45, 2.75) is 45.1 Å². The molecule has 5 nitrogen and oxygen atoms in total. The van der Waals surface area contributed by atoms with Crippen LogP contribution in [0.1, 0.15) is 44.4 Å². The molecule has 25 heavy (non-hydrogen) atoms. The van der Waals surface area contributed by atoms with Gasteiger partial charge in [0.2, 0.25) is 0 Å². The number of amides is 1. The van der Waals surface area contributed by atoms with Crippen molar-refractivity contribution in [1.82, 2.24) is 15.1 Å². The number of hydrogen-bond donors (Lipinski definition) is 0. The van der Waals surface area contributed by atoms with Gasteiger partial charge in [-0.15, -0.1) is 21.5 Å². The lowest BCUT2D eigenvalue weighted by atomic mass is 9.57. The van der Waals surface area contributed by atoms with Gasteiger partial charge in [0.15, 0.2) is 5.15 Å². The third-order valence-corrected chi connectivity index (χ3v) is 7.38. The van der Waals surface area contributed by atoms with E-state index in [0.29, 0.717) is 11.1 Å². The number of aromatic nitrogens is 2. The van der Waals surface area contributed by atoms with Gasteiger partial charge < -0.3 is 9.64 Å². The van der Waals surface area contributed by atoms with E-state index in [-0.39, 0.29) is 11.5 Å². The van der Waals surface area contributed by atoms with E-state index in [4.69, 9.17) is 16.3 Å². The minimum absolute atomic E-state index is 0.200. The van der Waals surface area contributed by atoms with Gasteiger partial charge in [0.05, 0.1) is 0 Å². The molecule has 3 heterocycles. The van der Waals surface area contributed by atoms with Crippen LogP contribution in [0.4, 0.5) is 4.79 Å². The number of ether oxygens (including phenoxy) is 1. The molecule has 1 saturated carbocycles. The molecule has 4 rings (SSSR count). The van der Waals surface area contributed by atoms with Crippen LogP contribution in [0.25, 0.3) is 10.2 Å². The first-order chi connectivity index (χ1) is 11.7. The Morgan fingerprint density at radius 1 is 1.40 bits per heavy atom. The summed E-state index contributed by atoms with van der Waals surface area (Å²) in [5.74, 6) is 0.508. The molecule has 2 fully saturated rings. The van der Waals surface area contributed by atoms with Crippen molar-refractivity contribution >= 4 is 55.2 Å². The van der Waals surface area contributed by atoms with E-state index < -0.39 is 5.60 Å². The molecule has 1 aliphatic carbocycles. The Hall–Kier alpha value is -0.920. The molecule has 0 unspecified atom stereocenters. The fourth-order valence-electron chi connectivity index (χ4n) is 3.78. The van der Waals surface area contributed by atoms with Crippen LogP contribution in [-0.4, -0.2) is 39.9 Å². The van der Waals surface area contributed by atoms with E-state index in [1.54, 1.807) is 11.3 Å². The Bertz CT molecular complexity index is 849. The van der Waals surface area contributed by atoms with Crippen molar-refractivity contribution in [2.24, 2.45) is 5.41 Å². The maximum absolute atomic E-state index is 12.1. The van der Waals surface area contributed by atoms with E-state index in [9.17, 15) is 4.79 Å². The number of carbonyl (C=O) groups is 1. The summed E-state index contributed by atoms with van der Waals surface area (Å²) in [6.07, 6.45) is 1.99. The molecule has 2 aromatic rings. The Morgan fingerprint density at radius 2 is 2.08 bits per heavy atom. The summed E-state index contributed by atoms with van der Waals surface area (Å²) >= 11 is 11.3. The second-order valence-electron chi connectivity index (χ2n) is 8.11. The number of rotatable bonds is 1. The maximum atomic E-state index is 12.1. The molecular formula is C17H19BrClN3O2S. The largest absolute Gasteiger partial charge is 0.444 e. The molecule has 134 valence electrons. The van der Waals surface area contributed by atoms with Crippen molar-refractivity contribution in [3.63, 3.8) is 0 Å². The number of hydrogen-bond acceptors (Lipinski definition) is 5. The van der Waals surface area contributed by atoms with Gasteiger partial charge in [0, 0.05) is 33.2 Å². The van der Waals surface area contributed by atoms with Crippen LogP contribution in [0.15, 0.2) is 10.5 Å². The van der Waals surface area contributed by atoms with Gasteiger partial charge in [0.1, 0.15) is 10.4 Å². The van der Waals surface area contributed by atoms with Crippen LogP contribution in [0.5, 0.6) is 0 Å². The number of likely N-dealkylation sites (tertiary alicyclic amines) is 1. The third-order valence-electron chi connectivity index (χ3n) is 4.82. The quantitative estimate of drug-likeness (QED) is 0.605. The second-order valence-corrected chi connectivity index (χ2v) is 10.3. The Balaban J connectivity index is 1.40. The maximum Gasteiger partial charge on any atom is 0.410 e. The summed E-state index contributed by atoms with van der Waals surface area (Å²) in [6, 6.07) is 1.86. The highest BCUT2D eigenvalue weighted by molar-refractivity contribution is 9.10. The predicted molar refractivity (Wildman–Crippen MR) is 102 cm³/mol. The summed E-state index contributed by atoms with van der Waals surface area (Å²) in [5.41, 5.74) is -0.174. The van der Waals surface area contributed by atoms with Gasteiger partial charge in [-0.1, -0.05) is 11.6 Å². The molecule has 0 N–H and O–H groups in total. The first-order valence-electron chi connectivity index (χ1n) is 8.25. The first kappa shape index (κ1) is 17.5. The van der Waals surface area contributed by atoms with Gasteiger partial charge in [-0.25, -0.2) is 4.79 Å². The molecular weight excluding hydrogens is 426 g/mol. The smallest absolute Gasteiger partial charge is 0.410 e. The lowest BCUT2D eigenvalue weighted by molar-refractivity contribution is -0.0781. The first-order valence-corrected chi connectivity index (χ1v) is 10.2. The van der Waals surface area contributed by atoms with E-state index in [2.05, 4.69) is 26.1 Å². The average Bonchev–Trinajstić information content (AvgIpc) is 2.71. The van der Waals surface area contributed by atoms with E-state index in [1.165, 1.54) is 4.88 Å². The lowest BCUT2D eigenvalue weighted by Crippen LogP contribution is -2.63. The molecule has 0 atom stereocenters. The fourth-order valence-corrected chi connectivity index (χ4v) is 6.02. The van der Waals surface area contributed by atoms with Crippen LogP contribution in [-0.2, 0) is 4.74 Å². The Kier molecular flexibility index (Phi) is 4.05. The number of halogens is 2. The summed E-state index contributed by atoms with van der Waals surface area (Å²) in [7, 11) is 0. The fraction of sp³-hybridized carbons (Fsp3) is 0.588. The molecule has 0 aromatic carbocycles. The van der Waals surface area contributed by atoms with Crippen LogP contribution in [0.3, 0.4) is 0 Å². The van der Waals surface area contributed by atoms with E-state index in [1.807, 2.05) is 31.7 Å². The summed E-state index contributed by atoms with van der Waals surface area (Å²) in [4.78, 5) is 16.1. The highest BCUT2D eigenvalue weighted by atomic mass is 79.9. The Labute approximate surface area is 163 Å². The standard InChI is InChI=1S/C17H19BrClN3O2S/c1-16(2,3)24-15(23)22-7-17(8-22)5-9(6-17)13-12(18)10-4-11(19)20-21-14(10)25-13/h4,9H,5-8H2,1-3H3. The molecule has 0 bridgehead atoms. The van der Waals surface area contributed by atoms with Gasteiger partial charge in [0.25, 0.3) is 0 Å². The minimum Gasteiger partial charge on any atom is -0.444 e. The summed E-state index contributed by atoms with van der Waals surface area (Å²) in [6.45, 7) is 7.29. The number of fused-ring (bicyclic) bond motifs is 1. The predicted octanol–water partition coefficient (Wildman–Crippen LogP) is 5.22. The third kappa shape index (κ3) is 3.15. The number of thiophene rings is 1. The molecule has 2 aliphatic rings. The van der Waals surface area contributed by atoms with Crippen LogP contribution < -0.4 is 0 Å². The second kappa shape index (κ2) is 5.79. The van der Waals surface area contributed by atoms with Crippen LogP contribution in [0.2, 0.25) is 5.15 Å². The highest BCUT2D eigenvalue weighted by Gasteiger charge is 2.55. The topological polar surface area (TPSA) is 55.3 Å². The SMILES string of the molecule is CC(C)(C)OC(=O)N1CC2(CC(c3sc4nnc(Cl)cc4c3Br)C2)C1. The highest BCUT2D eigenvalue weighted by Crippen LogP contribution is 2.59. The van der Waals surface area contributed by atoms with E-state index >= 15 is 0 Å². The van der Waals surface area contributed by atoms with Gasteiger partial charge in [-0.05, 0) is 61.5 Å². The average molecular weight is 445 g/mol. The van der Waals surface area contributed by atoms with Gasteiger partial charge in [-0.3, -0.25) is 0 Å². The monoisotopic (exact) mass is 443 g/mol. The summed E-state index contributed by atoms with van der Waals surface area (Å²) < 4.78 is 6.53. The zero-order chi connectivity index (χ0) is 18.0. The molecule has 0 radical (unpaired) electrons. The molecule has 1 spiro atoms. The van der Waals surface area contributed by atoms with Crippen molar-refractivity contribution in [2.75, 3.05) is 13.1 Å². The van der Waals surface area contributed by atoms with Gasteiger partial charge in [-0.2, -0.15) is 0 Å². The van der Waals surface area contributed by atoms with Crippen molar-refractivity contribution < 1.29 is 9.53 Å². The van der Waals surface area contributed by atoms with Crippen LogP contribution >= 0.6 is 38.9 Å². The zero-order valence-electron chi connectivity index (χ0n) is 14.3. The summed E-state index contributed by atoms with van der Waals surface area (Å²) in [5, 5.41) is 9.55. The van der Waals surface area contributed by atoms with Crippen molar-refractivity contribution in [3.8, 4) is 0 Å². The van der Waals surface area contributed by atoms with Crippen LogP contribution in [0, 0.1) is 5.41 Å². The minimum atomic E-state index is -0.438. The zero-order valence-corrected chi connectivity index (χ0v) is 17.5. The molecule has 1 saturated heterocycles. The molecule has 2 aromatic heterocycles. The molecule has 1 aliphatic heterocycles. The van der Waals surface area contributed by atoms with Gasteiger partial charge >= 0.3 is 6.09 Å². The molecule has 8 heteroatoms. The van der Waals surface area contributed by atoms with Crippen molar-refractivity contribution in [3.05, 3.63) is 20.6 Å². The molecule has 1 amide bonds. The van der Waals surface area contributed by atoms with Crippen molar-refractivity contribution in [1.29, 1.82) is 0 Å². The number of nitrogens with zero attached hydrogens (tertiary/aromatic N) is 3. The lowest BCUT2D eigenvalue weighted by Gasteiger charge is -2.58. The number of carbonyl (C=O) groups excluding carboxylic acids is 1. The normalized spacial score (nSPS) is 19.8. The Morgan fingerprint density at radius 3 is 2.72 bits per heavy atom. The van der Waals surface area contributed by atoms with E-state index in [0.717, 1.165) is 40.6 Å².